The SMILES string of the molecule is Cn1cnc2c(NC(=O)c3csc4cnc(NC5CNC5)nc34)cccc21. The average molecular weight is 379 g/mol. The van der Waals surface area contributed by atoms with Gasteiger partial charge in [0.05, 0.1) is 45.6 Å². The summed E-state index contributed by atoms with van der Waals surface area (Å²) < 4.78 is 2.80. The molecular formula is C18H17N7OS. The van der Waals surface area contributed by atoms with Crippen LogP contribution in [0.5, 0.6) is 0 Å². The second kappa shape index (κ2) is 6.29. The molecule has 1 aromatic carbocycles. The minimum atomic E-state index is -0.200. The molecule has 0 spiro atoms. The zero-order valence-electron chi connectivity index (χ0n) is 14.6. The van der Waals surface area contributed by atoms with E-state index in [0.29, 0.717) is 28.8 Å². The summed E-state index contributed by atoms with van der Waals surface area (Å²) >= 11 is 1.46. The number of imidazole rings is 1. The third-order valence-electron chi connectivity index (χ3n) is 4.68. The van der Waals surface area contributed by atoms with Crippen LogP contribution in [0.3, 0.4) is 0 Å². The van der Waals surface area contributed by atoms with Gasteiger partial charge in [-0.05, 0) is 12.1 Å². The Kier molecular flexibility index (Phi) is 3.76. The molecule has 0 radical (unpaired) electrons. The second-order valence-corrected chi connectivity index (χ2v) is 7.45. The van der Waals surface area contributed by atoms with Gasteiger partial charge in [0, 0.05) is 25.5 Å². The molecule has 0 aliphatic carbocycles. The fourth-order valence-electron chi connectivity index (χ4n) is 3.08. The van der Waals surface area contributed by atoms with Crippen LogP contribution in [0.15, 0.2) is 36.1 Å². The maximum atomic E-state index is 12.9. The number of hydrogen-bond acceptors (Lipinski definition) is 7. The molecule has 136 valence electrons. The minimum absolute atomic E-state index is 0.200. The van der Waals surface area contributed by atoms with Crippen molar-refractivity contribution in [2.45, 2.75) is 6.04 Å². The van der Waals surface area contributed by atoms with Crippen molar-refractivity contribution in [1.82, 2.24) is 24.8 Å². The number of nitrogens with one attached hydrogen (secondary N) is 3. The number of amides is 1. The van der Waals surface area contributed by atoms with Gasteiger partial charge in [-0.3, -0.25) is 4.79 Å². The predicted molar refractivity (Wildman–Crippen MR) is 106 cm³/mol. The number of aryl methyl sites for hydroxylation is 1. The highest BCUT2D eigenvalue weighted by Gasteiger charge is 2.20. The van der Waals surface area contributed by atoms with Gasteiger partial charge >= 0.3 is 0 Å². The van der Waals surface area contributed by atoms with Gasteiger partial charge < -0.3 is 20.5 Å². The smallest absolute Gasteiger partial charge is 0.258 e. The van der Waals surface area contributed by atoms with E-state index in [9.17, 15) is 4.79 Å². The van der Waals surface area contributed by atoms with Crippen molar-refractivity contribution >= 4 is 50.1 Å². The predicted octanol–water partition coefficient (Wildman–Crippen LogP) is 2.21. The van der Waals surface area contributed by atoms with Crippen molar-refractivity contribution < 1.29 is 4.79 Å². The number of thiophene rings is 1. The third-order valence-corrected chi connectivity index (χ3v) is 5.58. The highest BCUT2D eigenvalue weighted by molar-refractivity contribution is 7.17. The van der Waals surface area contributed by atoms with Crippen LogP contribution in [0.25, 0.3) is 21.3 Å². The second-order valence-electron chi connectivity index (χ2n) is 6.54. The van der Waals surface area contributed by atoms with Crippen molar-refractivity contribution in [2.24, 2.45) is 7.05 Å². The molecule has 4 heterocycles. The number of carbonyl (C=O) groups is 1. The first-order valence-corrected chi connectivity index (χ1v) is 9.50. The number of carbonyl (C=O) groups excluding carboxylic acids is 1. The van der Waals surface area contributed by atoms with E-state index in [-0.39, 0.29) is 5.91 Å². The Bertz CT molecular complexity index is 1160. The zero-order chi connectivity index (χ0) is 18.4. The Balaban J connectivity index is 1.46. The molecule has 1 fully saturated rings. The normalized spacial score (nSPS) is 14.4. The number of aromatic nitrogens is 4. The van der Waals surface area contributed by atoms with E-state index in [4.69, 9.17) is 0 Å². The number of anilines is 2. The molecule has 3 N–H and O–H groups in total. The molecule has 0 atom stereocenters. The van der Waals surface area contributed by atoms with Crippen molar-refractivity contribution in [3.05, 3.63) is 41.7 Å². The first-order valence-electron chi connectivity index (χ1n) is 8.62. The van der Waals surface area contributed by atoms with Gasteiger partial charge in [-0.15, -0.1) is 11.3 Å². The lowest BCUT2D eigenvalue weighted by molar-refractivity contribution is 0.102. The number of hydrogen-bond donors (Lipinski definition) is 3. The van der Waals surface area contributed by atoms with Gasteiger partial charge in [-0.25, -0.2) is 15.0 Å². The topological polar surface area (TPSA) is 96.8 Å². The first-order chi connectivity index (χ1) is 13.2. The van der Waals surface area contributed by atoms with Crippen molar-refractivity contribution in [3.63, 3.8) is 0 Å². The van der Waals surface area contributed by atoms with Gasteiger partial charge in [-0.1, -0.05) is 6.07 Å². The summed E-state index contributed by atoms with van der Waals surface area (Å²) in [7, 11) is 1.93. The molecule has 1 saturated heterocycles. The molecule has 0 saturated carbocycles. The van der Waals surface area contributed by atoms with Gasteiger partial charge in [0.1, 0.15) is 5.52 Å². The largest absolute Gasteiger partial charge is 0.349 e. The van der Waals surface area contributed by atoms with Gasteiger partial charge in [0.15, 0.2) is 0 Å². The highest BCUT2D eigenvalue weighted by Crippen LogP contribution is 2.27. The van der Waals surface area contributed by atoms with Gasteiger partial charge in [-0.2, -0.15) is 0 Å². The molecule has 1 amide bonds. The van der Waals surface area contributed by atoms with Crippen LogP contribution in [0.2, 0.25) is 0 Å². The molecule has 0 bridgehead atoms. The van der Waals surface area contributed by atoms with Crippen molar-refractivity contribution in [2.75, 3.05) is 23.7 Å². The molecule has 1 aliphatic rings. The summed E-state index contributed by atoms with van der Waals surface area (Å²) in [6.45, 7) is 1.79. The van der Waals surface area contributed by atoms with E-state index < -0.39 is 0 Å². The van der Waals surface area contributed by atoms with Crippen LogP contribution < -0.4 is 16.0 Å². The summed E-state index contributed by atoms with van der Waals surface area (Å²) in [5.74, 6) is 0.350. The molecule has 0 unspecified atom stereocenters. The Morgan fingerprint density at radius 3 is 3.00 bits per heavy atom. The van der Waals surface area contributed by atoms with Gasteiger partial charge in [0.2, 0.25) is 5.95 Å². The van der Waals surface area contributed by atoms with E-state index in [0.717, 1.165) is 28.8 Å². The van der Waals surface area contributed by atoms with Crippen LogP contribution >= 0.6 is 11.3 Å². The van der Waals surface area contributed by atoms with E-state index in [1.165, 1.54) is 11.3 Å². The maximum Gasteiger partial charge on any atom is 0.258 e. The summed E-state index contributed by atoms with van der Waals surface area (Å²) in [6.07, 6.45) is 3.50. The average Bonchev–Trinajstić information content (AvgIpc) is 3.22. The van der Waals surface area contributed by atoms with E-state index >= 15 is 0 Å². The summed E-state index contributed by atoms with van der Waals surface area (Å²) in [5, 5.41) is 11.3. The van der Waals surface area contributed by atoms with E-state index in [1.807, 2.05) is 35.2 Å². The molecule has 4 aromatic rings. The molecule has 8 nitrogen and oxygen atoms in total. The van der Waals surface area contributed by atoms with Crippen LogP contribution in [0.1, 0.15) is 10.4 Å². The molecule has 5 rings (SSSR count). The van der Waals surface area contributed by atoms with Gasteiger partial charge in [0.25, 0.3) is 5.91 Å². The van der Waals surface area contributed by atoms with Crippen LogP contribution in [0.4, 0.5) is 11.6 Å². The summed E-state index contributed by atoms with van der Waals surface area (Å²) in [5.41, 5.74) is 3.62. The van der Waals surface area contributed by atoms with Crippen molar-refractivity contribution in [1.29, 1.82) is 0 Å². The summed E-state index contributed by atoms with van der Waals surface area (Å²) in [6, 6.07) is 6.06. The standard InChI is InChI=1S/C18H17N7OS/c1-25-9-21-16-12(3-2-4-13(16)25)23-17(26)11-8-27-14-7-20-18(24-15(11)14)22-10-5-19-6-10/h2-4,7-10,19H,5-6H2,1H3,(H,23,26)(H,20,22,24). The Morgan fingerprint density at radius 2 is 2.19 bits per heavy atom. The minimum Gasteiger partial charge on any atom is -0.349 e. The lowest BCUT2D eigenvalue weighted by Crippen LogP contribution is -2.51. The molecule has 1 aliphatic heterocycles. The van der Waals surface area contributed by atoms with E-state index in [2.05, 4.69) is 30.9 Å². The number of rotatable bonds is 4. The Labute approximate surface area is 158 Å². The molecule has 9 heteroatoms. The molecular weight excluding hydrogens is 362 g/mol. The fourth-order valence-corrected chi connectivity index (χ4v) is 3.93. The van der Waals surface area contributed by atoms with E-state index in [1.54, 1.807) is 12.5 Å². The monoisotopic (exact) mass is 379 g/mol. The van der Waals surface area contributed by atoms with Crippen LogP contribution in [-0.2, 0) is 7.05 Å². The fraction of sp³-hybridized carbons (Fsp3) is 0.222. The Morgan fingerprint density at radius 1 is 1.30 bits per heavy atom. The molecule has 27 heavy (non-hydrogen) atoms. The van der Waals surface area contributed by atoms with Crippen LogP contribution in [-0.4, -0.2) is 44.6 Å². The Hall–Kier alpha value is -3.04. The third kappa shape index (κ3) is 2.81. The molecule has 3 aromatic heterocycles. The zero-order valence-corrected chi connectivity index (χ0v) is 15.4. The first kappa shape index (κ1) is 16.2. The number of nitrogens with zero attached hydrogens (tertiary/aromatic N) is 4. The van der Waals surface area contributed by atoms with Crippen molar-refractivity contribution in [3.8, 4) is 0 Å². The quantitative estimate of drug-likeness (QED) is 0.503. The van der Waals surface area contributed by atoms with Crippen LogP contribution in [0, 0.1) is 0 Å². The summed E-state index contributed by atoms with van der Waals surface area (Å²) in [4.78, 5) is 26.2. The highest BCUT2D eigenvalue weighted by atomic mass is 32.1. The lowest BCUT2D eigenvalue weighted by Gasteiger charge is -2.27. The number of para-hydroxylation sites is 1. The lowest BCUT2D eigenvalue weighted by atomic mass is 10.2. The maximum absolute atomic E-state index is 12.9. The number of benzene rings is 1. The number of fused-ring (bicyclic) bond motifs is 2.